The first-order valence-corrected chi connectivity index (χ1v) is 15.3. The van der Waals surface area contributed by atoms with E-state index in [1.807, 2.05) is 24.3 Å². The summed E-state index contributed by atoms with van der Waals surface area (Å²) in [5.41, 5.74) is -0.131. The van der Waals surface area contributed by atoms with E-state index >= 15 is 0 Å². The maximum atomic E-state index is 14.2. The van der Waals surface area contributed by atoms with Gasteiger partial charge in [0.25, 0.3) is 15.9 Å². The molecule has 1 aromatic heterocycles. The molecule has 2 aliphatic heterocycles. The summed E-state index contributed by atoms with van der Waals surface area (Å²) < 4.78 is 36.6. The highest BCUT2D eigenvalue weighted by Gasteiger charge is 2.52. The molecule has 1 saturated heterocycles. The summed E-state index contributed by atoms with van der Waals surface area (Å²) in [6, 6.07) is 12.2. The third kappa shape index (κ3) is 5.17. The lowest BCUT2D eigenvalue weighted by Crippen LogP contribution is -2.52. The maximum Gasteiger partial charge on any atom is 0.260 e. The van der Waals surface area contributed by atoms with Crippen molar-refractivity contribution in [2.24, 2.45) is 0 Å². The standard InChI is InChI=1S/C26H26BrCl2N5O5S/c1-26(14-17-3-5-18(27)6-4-17)24(36)33(21-12-19(28)11-20(29)13-21)25-30-15-23(34(25)26)40(37,38)32-9-7-31(8-10-32)22(35)16-39-2/h3-6,11-13,15H,7-10,14,16H2,1-2H3. The number of carbonyl (C=O) groups excluding carboxylic acids is 2. The monoisotopic (exact) mass is 669 g/mol. The minimum Gasteiger partial charge on any atom is -0.375 e. The second kappa shape index (κ2) is 11.1. The number of imidazole rings is 1. The molecule has 1 atom stereocenters. The molecule has 0 saturated carbocycles. The van der Waals surface area contributed by atoms with Gasteiger partial charge >= 0.3 is 0 Å². The van der Waals surface area contributed by atoms with Gasteiger partial charge in [-0.2, -0.15) is 4.31 Å². The molecule has 40 heavy (non-hydrogen) atoms. The molecule has 0 bridgehead atoms. The van der Waals surface area contributed by atoms with Crippen molar-refractivity contribution in [1.82, 2.24) is 18.8 Å². The smallest absolute Gasteiger partial charge is 0.260 e. The molecule has 0 N–H and O–H groups in total. The van der Waals surface area contributed by atoms with Crippen LogP contribution in [0.25, 0.3) is 0 Å². The third-order valence-electron chi connectivity index (χ3n) is 7.10. The molecule has 2 amide bonds. The molecular weight excluding hydrogens is 645 g/mol. The Morgan fingerprint density at radius 2 is 1.70 bits per heavy atom. The molecule has 3 heterocycles. The first kappa shape index (κ1) is 29.0. The van der Waals surface area contributed by atoms with Crippen molar-refractivity contribution in [2.75, 3.05) is 44.8 Å². The number of fused-ring (bicyclic) bond motifs is 1. The van der Waals surface area contributed by atoms with Crippen LogP contribution in [0.5, 0.6) is 0 Å². The van der Waals surface area contributed by atoms with Gasteiger partial charge in [-0.1, -0.05) is 51.3 Å². The van der Waals surface area contributed by atoms with Gasteiger partial charge in [-0.05, 0) is 42.8 Å². The number of sulfonamides is 1. The molecule has 0 spiro atoms. The summed E-state index contributed by atoms with van der Waals surface area (Å²) >= 11 is 15.9. The lowest BCUT2D eigenvalue weighted by atomic mass is 9.92. The van der Waals surface area contributed by atoms with Crippen LogP contribution in [0.15, 0.2) is 58.2 Å². The van der Waals surface area contributed by atoms with E-state index in [-0.39, 0.29) is 62.0 Å². The van der Waals surface area contributed by atoms with Gasteiger partial charge in [-0.3, -0.25) is 14.2 Å². The number of hydrogen-bond donors (Lipinski definition) is 0. The van der Waals surface area contributed by atoms with E-state index in [0.717, 1.165) is 10.0 Å². The minimum atomic E-state index is -4.09. The summed E-state index contributed by atoms with van der Waals surface area (Å²) in [7, 11) is -2.66. The Balaban J connectivity index is 1.57. The number of carbonyl (C=O) groups is 2. The number of amides is 2. The average Bonchev–Trinajstić information content (AvgIpc) is 3.43. The lowest BCUT2D eigenvalue weighted by molar-refractivity contribution is -0.136. The van der Waals surface area contributed by atoms with Gasteiger partial charge in [0.05, 0.1) is 11.9 Å². The Bertz CT molecular complexity index is 1550. The van der Waals surface area contributed by atoms with Crippen LogP contribution in [0.3, 0.4) is 0 Å². The van der Waals surface area contributed by atoms with Crippen LogP contribution in [0, 0.1) is 0 Å². The summed E-state index contributed by atoms with van der Waals surface area (Å²) in [4.78, 5) is 33.8. The van der Waals surface area contributed by atoms with Gasteiger partial charge < -0.3 is 9.64 Å². The summed E-state index contributed by atoms with van der Waals surface area (Å²) in [6.07, 6.45) is 1.48. The van der Waals surface area contributed by atoms with Crippen molar-refractivity contribution in [2.45, 2.75) is 23.9 Å². The fourth-order valence-electron chi connectivity index (χ4n) is 5.14. The molecule has 10 nitrogen and oxygen atoms in total. The summed E-state index contributed by atoms with van der Waals surface area (Å²) in [6.45, 7) is 2.29. The van der Waals surface area contributed by atoms with Crippen molar-refractivity contribution in [3.05, 3.63) is 68.7 Å². The number of ether oxygens (including phenoxy) is 1. The molecule has 5 rings (SSSR count). The number of nitrogens with zero attached hydrogens (tertiary/aromatic N) is 5. The zero-order valence-corrected chi connectivity index (χ0v) is 25.6. The number of aromatic nitrogens is 2. The van der Waals surface area contributed by atoms with Crippen LogP contribution >= 0.6 is 39.1 Å². The predicted molar refractivity (Wildman–Crippen MR) is 155 cm³/mol. The molecule has 0 aliphatic carbocycles. The number of methoxy groups -OCH3 is 1. The number of halogens is 3. The van der Waals surface area contributed by atoms with Gasteiger partial charge in [-0.15, -0.1) is 0 Å². The minimum absolute atomic E-state index is 0.0667. The first-order valence-electron chi connectivity index (χ1n) is 12.4. The first-order chi connectivity index (χ1) is 19.0. The highest BCUT2D eigenvalue weighted by molar-refractivity contribution is 9.10. The number of hydrogen-bond acceptors (Lipinski definition) is 6. The zero-order chi connectivity index (χ0) is 28.8. The fraction of sp³-hybridized carbons (Fsp3) is 0.346. The van der Waals surface area contributed by atoms with Crippen molar-refractivity contribution in [3.63, 3.8) is 0 Å². The molecule has 0 radical (unpaired) electrons. The largest absolute Gasteiger partial charge is 0.375 e. The van der Waals surface area contributed by atoms with E-state index in [9.17, 15) is 18.0 Å². The average molecular weight is 671 g/mol. The fourth-order valence-corrected chi connectivity index (χ4v) is 7.53. The Kier molecular flexibility index (Phi) is 8.03. The van der Waals surface area contributed by atoms with Crippen molar-refractivity contribution in [3.8, 4) is 0 Å². The van der Waals surface area contributed by atoms with Crippen molar-refractivity contribution in [1.29, 1.82) is 0 Å². The van der Waals surface area contributed by atoms with Gasteiger partial charge in [0.15, 0.2) is 5.03 Å². The lowest BCUT2D eigenvalue weighted by Gasteiger charge is -2.34. The van der Waals surface area contributed by atoms with Crippen LogP contribution < -0.4 is 4.90 Å². The van der Waals surface area contributed by atoms with Crippen molar-refractivity contribution >= 4 is 72.6 Å². The predicted octanol–water partition coefficient (Wildman–Crippen LogP) is 4.07. The molecule has 2 aromatic carbocycles. The normalized spacial score (nSPS) is 19.8. The second-order valence-corrected chi connectivity index (χ2v) is 13.5. The topological polar surface area (TPSA) is 105 Å². The summed E-state index contributed by atoms with van der Waals surface area (Å²) in [5, 5.41) is 0.537. The van der Waals surface area contributed by atoms with Crippen LogP contribution in [-0.4, -0.2) is 78.9 Å². The number of benzene rings is 2. The highest BCUT2D eigenvalue weighted by Crippen LogP contribution is 2.45. The molecule has 3 aromatic rings. The van der Waals surface area contributed by atoms with E-state index in [0.29, 0.717) is 15.7 Å². The molecule has 1 fully saturated rings. The highest BCUT2D eigenvalue weighted by atomic mass is 79.9. The van der Waals surface area contributed by atoms with Crippen LogP contribution in [-0.2, 0) is 36.3 Å². The van der Waals surface area contributed by atoms with Gasteiger partial charge in [-0.25, -0.2) is 18.3 Å². The van der Waals surface area contributed by atoms with E-state index < -0.39 is 15.6 Å². The Morgan fingerprint density at radius 3 is 2.30 bits per heavy atom. The van der Waals surface area contributed by atoms with E-state index in [1.54, 1.807) is 30.0 Å². The third-order valence-corrected chi connectivity index (χ3v) is 9.93. The van der Waals surface area contributed by atoms with Gasteiger partial charge in [0, 0.05) is 54.2 Å². The molecule has 2 aliphatic rings. The van der Waals surface area contributed by atoms with E-state index in [1.165, 1.54) is 27.1 Å². The number of anilines is 2. The number of rotatable bonds is 7. The van der Waals surface area contributed by atoms with Crippen LogP contribution in [0.1, 0.15) is 12.5 Å². The Hall–Kier alpha value is -2.48. The SMILES string of the molecule is COCC(=O)N1CCN(S(=O)(=O)c2cnc3n2C(C)(Cc2ccc(Br)cc2)C(=O)N3c2cc(Cl)cc(Cl)c2)CC1. The molecule has 1 unspecified atom stereocenters. The maximum absolute atomic E-state index is 14.2. The quantitative estimate of drug-likeness (QED) is 0.376. The Morgan fingerprint density at radius 1 is 1.07 bits per heavy atom. The van der Waals surface area contributed by atoms with Crippen LogP contribution in [0.2, 0.25) is 10.0 Å². The molecule has 212 valence electrons. The second-order valence-electron chi connectivity index (χ2n) is 9.80. The van der Waals surface area contributed by atoms with E-state index in [4.69, 9.17) is 27.9 Å². The van der Waals surface area contributed by atoms with Crippen molar-refractivity contribution < 1.29 is 22.7 Å². The van der Waals surface area contributed by atoms with Gasteiger partial charge in [0.1, 0.15) is 12.1 Å². The van der Waals surface area contributed by atoms with E-state index in [2.05, 4.69) is 20.9 Å². The zero-order valence-electron chi connectivity index (χ0n) is 21.7. The van der Waals surface area contributed by atoms with Gasteiger partial charge in [0.2, 0.25) is 11.9 Å². The Labute approximate surface area is 250 Å². The molecular formula is C26H26BrCl2N5O5S. The molecule has 14 heteroatoms. The summed E-state index contributed by atoms with van der Waals surface area (Å²) in [5.74, 6) is -0.424. The number of piperazine rings is 1. The van der Waals surface area contributed by atoms with Crippen LogP contribution in [0.4, 0.5) is 11.6 Å².